The summed E-state index contributed by atoms with van der Waals surface area (Å²) in [6, 6.07) is 7.69. The third kappa shape index (κ3) is 5.49. The van der Waals surface area contributed by atoms with E-state index in [1.165, 1.54) is 18.9 Å². The van der Waals surface area contributed by atoms with E-state index in [-0.39, 0.29) is 5.91 Å². The maximum atomic E-state index is 11.8. The predicted octanol–water partition coefficient (Wildman–Crippen LogP) is 3.67. The maximum absolute atomic E-state index is 11.8. The van der Waals surface area contributed by atoms with Crippen molar-refractivity contribution in [2.45, 2.75) is 39.2 Å². The summed E-state index contributed by atoms with van der Waals surface area (Å²) in [5, 5.41) is 4.35. The van der Waals surface area contributed by atoms with Gasteiger partial charge in [-0.1, -0.05) is 56.5 Å². The molecule has 1 aromatic carbocycles. The zero-order valence-electron chi connectivity index (χ0n) is 14.0. The first kappa shape index (κ1) is 18.7. The van der Waals surface area contributed by atoms with Crippen LogP contribution >= 0.6 is 23.8 Å². The second kappa shape index (κ2) is 9.04. The van der Waals surface area contributed by atoms with Crippen LogP contribution in [0.5, 0.6) is 0 Å². The van der Waals surface area contributed by atoms with Gasteiger partial charge in [0.25, 0.3) is 5.91 Å². The highest BCUT2D eigenvalue weighted by atomic mass is 35.5. The molecule has 3 atom stereocenters. The summed E-state index contributed by atoms with van der Waals surface area (Å²) in [4.78, 5) is 11.8. The standard InChI is InChI=1S/C18H24ClN3OS/c1-12-6-5-9-16(13(12)2)20-18(24)22-21-17(23)11-10-14-7-3-4-8-15(14)19/h3-4,7-8,10-13,16H,5-6,9H2,1-2H3,(H,21,23)(H2,20,22,24)/b11-10+/t12-,13+,16-/m0/s1. The smallest absolute Gasteiger partial charge is 0.262 e. The number of nitrogens with one attached hydrogen (secondary N) is 3. The highest BCUT2D eigenvalue weighted by Crippen LogP contribution is 2.29. The summed E-state index contributed by atoms with van der Waals surface area (Å²) in [5.41, 5.74) is 6.11. The van der Waals surface area contributed by atoms with E-state index < -0.39 is 0 Å². The van der Waals surface area contributed by atoms with Crippen LogP contribution in [0.25, 0.3) is 6.08 Å². The number of hydrogen-bond donors (Lipinski definition) is 3. The van der Waals surface area contributed by atoms with Crippen LogP contribution in [0.3, 0.4) is 0 Å². The summed E-state index contributed by atoms with van der Waals surface area (Å²) in [7, 11) is 0. The van der Waals surface area contributed by atoms with Crippen molar-refractivity contribution in [3.05, 3.63) is 40.9 Å². The van der Waals surface area contributed by atoms with Gasteiger partial charge in [0.2, 0.25) is 0 Å². The monoisotopic (exact) mass is 365 g/mol. The fourth-order valence-electron chi connectivity index (χ4n) is 2.93. The Morgan fingerprint density at radius 1 is 1.25 bits per heavy atom. The average Bonchev–Trinajstić information content (AvgIpc) is 2.56. The quantitative estimate of drug-likeness (QED) is 0.434. The second-order valence-corrected chi connectivity index (χ2v) is 7.13. The molecule has 3 N–H and O–H groups in total. The predicted molar refractivity (Wildman–Crippen MR) is 103 cm³/mol. The van der Waals surface area contributed by atoms with Crippen LogP contribution in [0.2, 0.25) is 5.02 Å². The van der Waals surface area contributed by atoms with Crippen LogP contribution in [-0.4, -0.2) is 17.1 Å². The Bertz CT molecular complexity index is 620. The van der Waals surface area contributed by atoms with Crippen molar-refractivity contribution in [2.75, 3.05) is 0 Å². The lowest BCUT2D eigenvalue weighted by atomic mass is 9.78. The zero-order valence-corrected chi connectivity index (χ0v) is 15.6. The first-order chi connectivity index (χ1) is 11.5. The molecule has 1 amide bonds. The van der Waals surface area contributed by atoms with Crippen molar-refractivity contribution >= 4 is 40.9 Å². The van der Waals surface area contributed by atoms with Gasteiger partial charge in [-0.2, -0.15) is 0 Å². The van der Waals surface area contributed by atoms with Gasteiger partial charge in [-0.3, -0.25) is 15.6 Å². The van der Waals surface area contributed by atoms with E-state index >= 15 is 0 Å². The molecule has 1 aliphatic rings. The summed E-state index contributed by atoms with van der Waals surface area (Å²) >= 11 is 11.3. The fraction of sp³-hybridized carbons (Fsp3) is 0.444. The number of carbonyl (C=O) groups is 1. The molecular weight excluding hydrogens is 342 g/mol. The lowest BCUT2D eigenvalue weighted by Gasteiger charge is -2.35. The SMILES string of the molecule is C[C@H]1[C@@H](NC(=S)NNC(=O)/C=C/c2ccccc2Cl)CCC[C@@H]1C. The molecule has 1 aliphatic carbocycles. The zero-order chi connectivity index (χ0) is 17.5. The van der Waals surface area contributed by atoms with Crippen LogP contribution in [0.4, 0.5) is 0 Å². The van der Waals surface area contributed by atoms with Crippen LogP contribution in [-0.2, 0) is 4.79 Å². The number of hydrazine groups is 1. The minimum absolute atomic E-state index is 0.288. The van der Waals surface area contributed by atoms with Crippen LogP contribution in [0, 0.1) is 11.8 Å². The van der Waals surface area contributed by atoms with Gasteiger partial charge < -0.3 is 5.32 Å². The summed E-state index contributed by atoms with van der Waals surface area (Å²) in [6.07, 6.45) is 6.67. The third-order valence-corrected chi connectivity index (χ3v) is 5.21. The van der Waals surface area contributed by atoms with E-state index in [0.29, 0.717) is 28.0 Å². The number of thiocarbonyl (C=S) groups is 1. The molecule has 1 saturated carbocycles. The lowest BCUT2D eigenvalue weighted by molar-refractivity contribution is -0.116. The number of rotatable bonds is 3. The molecular formula is C18H24ClN3OS. The van der Waals surface area contributed by atoms with Crippen molar-refractivity contribution < 1.29 is 4.79 Å². The van der Waals surface area contributed by atoms with Gasteiger partial charge in [-0.25, -0.2) is 0 Å². The van der Waals surface area contributed by atoms with Gasteiger partial charge in [0.1, 0.15) is 0 Å². The molecule has 1 fully saturated rings. The number of amides is 1. The Balaban J connectivity index is 1.77. The van der Waals surface area contributed by atoms with Gasteiger partial charge in [-0.15, -0.1) is 0 Å². The number of halogens is 1. The lowest BCUT2D eigenvalue weighted by Crippen LogP contribution is -2.52. The molecule has 0 aromatic heterocycles. The summed E-state index contributed by atoms with van der Waals surface area (Å²) in [6.45, 7) is 4.52. The molecule has 0 bridgehead atoms. The molecule has 130 valence electrons. The molecule has 0 aliphatic heterocycles. The van der Waals surface area contributed by atoms with E-state index in [0.717, 1.165) is 12.0 Å². The molecule has 0 radical (unpaired) electrons. The third-order valence-electron chi connectivity index (χ3n) is 4.64. The molecule has 1 aromatic rings. The van der Waals surface area contributed by atoms with Crippen molar-refractivity contribution in [3.8, 4) is 0 Å². The first-order valence-electron chi connectivity index (χ1n) is 8.26. The Morgan fingerprint density at radius 3 is 2.75 bits per heavy atom. The topological polar surface area (TPSA) is 53.2 Å². The molecule has 0 unspecified atom stereocenters. The van der Waals surface area contributed by atoms with Crippen molar-refractivity contribution in [2.24, 2.45) is 11.8 Å². The van der Waals surface area contributed by atoms with Crippen LogP contribution in [0.15, 0.2) is 30.3 Å². The van der Waals surface area contributed by atoms with Gasteiger partial charge in [-0.05, 0) is 48.2 Å². The van der Waals surface area contributed by atoms with E-state index in [2.05, 4.69) is 30.0 Å². The average molecular weight is 366 g/mol. The highest BCUT2D eigenvalue weighted by Gasteiger charge is 2.27. The molecule has 0 heterocycles. The minimum Gasteiger partial charge on any atom is -0.358 e. The van der Waals surface area contributed by atoms with E-state index in [9.17, 15) is 4.79 Å². The fourth-order valence-corrected chi connectivity index (χ4v) is 3.33. The number of benzene rings is 1. The van der Waals surface area contributed by atoms with E-state index in [4.69, 9.17) is 23.8 Å². The Hall–Kier alpha value is -1.59. The van der Waals surface area contributed by atoms with E-state index in [1.54, 1.807) is 12.1 Å². The van der Waals surface area contributed by atoms with Crippen molar-refractivity contribution in [1.29, 1.82) is 0 Å². The number of hydrogen-bond acceptors (Lipinski definition) is 2. The molecule has 0 spiro atoms. The van der Waals surface area contributed by atoms with Gasteiger partial charge in [0.05, 0.1) is 0 Å². The summed E-state index contributed by atoms with van der Waals surface area (Å²) < 4.78 is 0. The molecule has 6 heteroatoms. The second-order valence-electron chi connectivity index (χ2n) is 6.32. The number of carbonyl (C=O) groups excluding carboxylic acids is 1. The maximum Gasteiger partial charge on any atom is 0.262 e. The van der Waals surface area contributed by atoms with Gasteiger partial charge in [0.15, 0.2) is 5.11 Å². The van der Waals surface area contributed by atoms with Crippen LogP contribution in [0.1, 0.15) is 38.7 Å². The van der Waals surface area contributed by atoms with Crippen molar-refractivity contribution in [1.82, 2.24) is 16.2 Å². The Labute approximate surface area is 154 Å². The Morgan fingerprint density at radius 2 is 2.00 bits per heavy atom. The molecule has 2 rings (SSSR count). The summed E-state index contributed by atoms with van der Waals surface area (Å²) in [5.74, 6) is 0.964. The van der Waals surface area contributed by atoms with E-state index in [1.807, 2.05) is 18.2 Å². The Kier molecular flexibility index (Phi) is 7.06. The van der Waals surface area contributed by atoms with Crippen molar-refractivity contribution in [3.63, 3.8) is 0 Å². The largest absolute Gasteiger partial charge is 0.358 e. The molecule has 24 heavy (non-hydrogen) atoms. The molecule has 4 nitrogen and oxygen atoms in total. The van der Waals surface area contributed by atoms with Gasteiger partial charge >= 0.3 is 0 Å². The highest BCUT2D eigenvalue weighted by molar-refractivity contribution is 7.80. The molecule has 0 saturated heterocycles. The normalized spacial score (nSPS) is 23.7. The minimum atomic E-state index is -0.288. The van der Waals surface area contributed by atoms with Gasteiger partial charge in [0, 0.05) is 17.1 Å². The van der Waals surface area contributed by atoms with Crippen LogP contribution < -0.4 is 16.2 Å². The first-order valence-corrected chi connectivity index (χ1v) is 9.05.